The highest BCUT2D eigenvalue weighted by Gasteiger charge is 2.13. The zero-order chi connectivity index (χ0) is 24.6. The van der Waals surface area contributed by atoms with E-state index in [-0.39, 0.29) is 5.91 Å². The maximum Gasteiger partial charge on any atom is 0.258 e. The van der Waals surface area contributed by atoms with Gasteiger partial charge >= 0.3 is 0 Å². The van der Waals surface area contributed by atoms with Gasteiger partial charge in [-0.25, -0.2) is 0 Å². The van der Waals surface area contributed by atoms with Gasteiger partial charge in [0.05, 0.1) is 21.3 Å². The molecule has 35 heavy (non-hydrogen) atoms. The molecule has 4 rings (SSSR count). The maximum absolute atomic E-state index is 13.0. The topological polar surface area (TPSA) is 97.0 Å². The van der Waals surface area contributed by atoms with E-state index in [9.17, 15) is 4.79 Å². The fraction of sp³-hybridized carbons (Fsp3) is 0.185. The van der Waals surface area contributed by atoms with Crippen LogP contribution in [0.15, 0.2) is 77.9 Å². The van der Waals surface area contributed by atoms with Crippen LogP contribution in [0, 0.1) is 0 Å². The Hall–Kier alpha value is -4.46. The molecule has 0 fully saturated rings. The van der Waals surface area contributed by atoms with E-state index in [0.717, 1.165) is 16.8 Å². The van der Waals surface area contributed by atoms with Gasteiger partial charge in [0.15, 0.2) is 11.5 Å². The Balaban J connectivity index is 1.55. The third-order valence-electron chi connectivity index (χ3n) is 5.54. The lowest BCUT2D eigenvalue weighted by Crippen LogP contribution is -2.36. The van der Waals surface area contributed by atoms with Crippen molar-refractivity contribution in [3.63, 3.8) is 0 Å². The van der Waals surface area contributed by atoms with Crippen LogP contribution in [0.5, 0.6) is 17.2 Å². The first-order valence-corrected chi connectivity index (χ1v) is 11.1. The van der Waals surface area contributed by atoms with E-state index in [2.05, 4.69) is 26.7 Å². The number of aromatic nitrogens is 1. The van der Waals surface area contributed by atoms with E-state index >= 15 is 0 Å². The van der Waals surface area contributed by atoms with Gasteiger partial charge in [0.25, 0.3) is 5.91 Å². The Bertz CT molecular complexity index is 1350. The van der Waals surface area contributed by atoms with E-state index < -0.39 is 0 Å². The zero-order valence-electron chi connectivity index (χ0n) is 19.9. The van der Waals surface area contributed by atoms with Gasteiger partial charge in [0, 0.05) is 41.0 Å². The molecule has 3 aromatic carbocycles. The Morgan fingerprint density at radius 3 is 2.54 bits per heavy atom. The number of aromatic amines is 1. The van der Waals surface area contributed by atoms with E-state index in [1.165, 1.54) is 12.5 Å². The summed E-state index contributed by atoms with van der Waals surface area (Å²) in [4.78, 5) is 21.0. The molecule has 8 nitrogen and oxygen atoms in total. The van der Waals surface area contributed by atoms with Crippen LogP contribution >= 0.6 is 0 Å². The summed E-state index contributed by atoms with van der Waals surface area (Å²) < 4.78 is 15.9. The number of anilines is 1. The number of fused-ring (bicyclic) bond motifs is 1. The molecule has 0 bridgehead atoms. The second-order valence-corrected chi connectivity index (χ2v) is 7.72. The molecule has 180 valence electrons. The number of guanidine groups is 1. The molecule has 0 spiro atoms. The summed E-state index contributed by atoms with van der Waals surface area (Å²) in [6, 6.07) is 20.6. The van der Waals surface area contributed by atoms with Crippen LogP contribution in [-0.4, -0.2) is 44.7 Å². The number of aliphatic imine (C=N–C) groups is 1. The van der Waals surface area contributed by atoms with Gasteiger partial charge < -0.3 is 24.5 Å². The van der Waals surface area contributed by atoms with Crippen LogP contribution in [0.2, 0.25) is 0 Å². The first-order valence-electron chi connectivity index (χ1n) is 11.1. The molecular weight excluding hydrogens is 444 g/mol. The largest absolute Gasteiger partial charge is 0.497 e. The van der Waals surface area contributed by atoms with Crippen molar-refractivity contribution in [1.82, 2.24) is 10.3 Å². The number of para-hydroxylation sites is 1. The normalized spacial score (nSPS) is 11.2. The number of nitrogens with zero attached hydrogens (tertiary/aromatic N) is 1. The summed E-state index contributed by atoms with van der Waals surface area (Å²) in [5.41, 5.74) is 3.40. The summed E-state index contributed by atoms with van der Waals surface area (Å²) in [6.07, 6.45) is 2.71. The van der Waals surface area contributed by atoms with Gasteiger partial charge in [0.2, 0.25) is 5.96 Å². The van der Waals surface area contributed by atoms with E-state index in [1.807, 2.05) is 48.7 Å². The molecule has 3 N–H and O–H groups in total. The minimum absolute atomic E-state index is 0.327. The fourth-order valence-corrected chi connectivity index (χ4v) is 3.73. The Morgan fingerprint density at radius 2 is 1.74 bits per heavy atom. The molecular formula is C27H28N4O4. The lowest BCUT2D eigenvalue weighted by atomic mass is 10.1. The van der Waals surface area contributed by atoms with E-state index in [4.69, 9.17) is 14.2 Å². The number of hydrogen-bond donors (Lipinski definition) is 3. The van der Waals surface area contributed by atoms with Gasteiger partial charge in [-0.15, -0.1) is 0 Å². The number of carbonyl (C=O) groups excluding carboxylic acids is 1. The molecule has 1 aromatic heterocycles. The fourth-order valence-electron chi connectivity index (χ4n) is 3.73. The minimum Gasteiger partial charge on any atom is -0.497 e. The average molecular weight is 473 g/mol. The third kappa shape index (κ3) is 5.73. The Labute approximate surface area is 203 Å². The number of carbonyl (C=O) groups is 1. The lowest BCUT2D eigenvalue weighted by Gasteiger charge is -2.14. The minimum atomic E-state index is -0.327. The molecule has 1 heterocycles. The number of ether oxygens (including phenoxy) is 3. The van der Waals surface area contributed by atoms with E-state index in [1.54, 1.807) is 32.4 Å². The van der Waals surface area contributed by atoms with Crippen molar-refractivity contribution < 1.29 is 19.0 Å². The number of nitrogens with one attached hydrogen (secondary N) is 3. The quantitative estimate of drug-likeness (QED) is 0.257. The molecule has 0 radical (unpaired) electrons. The SMILES string of the molecule is COc1cccc(NC(=NCCc2c[nH]c3ccccc23)NC(=O)c2ccc(OC)c(OC)c2)c1. The van der Waals surface area contributed by atoms with Crippen LogP contribution < -0.4 is 24.8 Å². The second kappa shape index (κ2) is 11.1. The first-order chi connectivity index (χ1) is 17.1. The summed E-state index contributed by atoms with van der Waals surface area (Å²) in [7, 11) is 4.68. The van der Waals surface area contributed by atoms with Crippen molar-refractivity contribution in [2.45, 2.75) is 6.42 Å². The van der Waals surface area contributed by atoms with Crippen molar-refractivity contribution >= 4 is 28.5 Å². The van der Waals surface area contributed by atoms with Crippen LogP contribution in [0.1, 0.15) is 15.9 Å². The monoisotopic (exact) mass is 472 g/mol. The van der Waals surface area contributed by atoms with Crippen molar-refractivity contribution in [3.8, 4) is 17.2 Å². The molecule has 0 aliphatic rings. The van der Waals surface area contributed by atoms with E-state index in [0.29, 0.717) is 41.7 Å². The van der Waals surface area contributed by atoms with Crippen LogP contribution in [-0.2, 0) is 6.42 Å². The predicted molar refractivity (Wildman–Crippen MR) is 138 cm³/mol. The highest BCUT2D eigenvalue weighted by atomic mass is 16.5. The molecule has 0 saturated heterocycles. The molecule has 4 aromatic rings. The Morgan fingerprint density at radius 1 is 0.914 bits per heavy atom. The third-order valence-corrected chi connectivity index (χ3v) is 5.54. The summed E-state index contributed by atoms with van der Waals surface area (Å²) in [6.45, 7) is 0.473. The highest BCUT2D eigenvalue weighted by molar-refractivity contribution is 6.10. The molecule has 0 aliphatic heterocycles. The van der Waals surface area contributed by atoms with Gasteiger partial charge in [-0.1, -0.05) is 24.3 Å². The Kier molecular flexibility index (Phi) is 7.52. The second-order valence-electron chi connectivity index (χ2n) is 7.72. The zero-order valence-corrected chi connectivity index (χ0v) is 19.9. The number of methoxy groups -OCH3 is 3. The summed E-state index contributed by atoms with van der Waals surface area (Å²) in [5.74, 6) is 1.72. The van der Waals surface area contributed by atoms with Crippen LogP contribution in [0.4, 0.5) is 5.69 Å². The smallest absolute Gasteiger partial charge is 0.258 e. The van der Waals surface area contributed by atoms with Crippen molar-refractivity contribution in [1.29, 1.82) is 0 Å². The van der Waals surface area contributed by atoms with Crippen molar-refractivity contribution in [3.05, 3.63) is 84.1 Å². The molecule has 0 saturated carbocycles. The van der Waals surface area contributed by atoms with Crippen molar-refractivity contribution in [2.75, 3.05) is 33.2 Å². The molecule has 8 heteroatoms. The number of amides is 1. The number of benzene rings is 3. The first kappa shape index (κ1) is 23.7. The molecule has 0 aliphatic carbocycles. The molecule has 0 unspecified atom stereocenters. The van der Waals surface area contributed by atoms with Gasteiger partial charge in [-0.05, 0) is 48.4 Å². The van der Waals surface area contributed by atoms with Crippen LogP contribution in [0.3, 0.4) is 0 Å². The lowest BCUT2D eigenvalue weighted by molar-refractivity contribution is 0.0976. The van der Waals surface area contributed by atoms with Gasteiger partial charge in [-0.3, -0.25) is 15.1 Å². The number of rotatable bonds is 8. The number of H-pyrrole nitrogens is 1. The average Bonchev–Trinajstić information content (AvgIpc) is 3.31. The molecule has 0 atom stereocenters. The molecule has 1 amide bonds. The van der Waals surface area contributed by atoms with Gasteiger partial charge in [0.1, 0.15) is 5.75 Å². The maximum atomic E-state index is 13.0. The standard InChI is InChI=1S/C27H28N4O4/c1-33-21-8-6-7-20(16-21)30-27(28-14-13-19-17-29-23-10-5-4-9-22(19)23)31-26(32)18-11-12-24(34-2)25(15-18)35-3/h4-12,15-17,29H,13-14H2,1-3H3,(H2,28,30,31,32). The summed E-state index contributed by atoms with van der Waals surface area (Å²) in [5, 5.41) is 7.24. The highest BCUT2D eigenvalue weighted by Crippen LogP contribution is 2.27. The van der Waals surface area contributed by atoms with Gasteiger partial charge in [-0.2, -0.15) is 0 Å². The van der Waals surface area contributed by atoms with Crippen molar-refractivity contribution in [2.24, 2.45) is 4.99 Å². The summed E-state index contributed by atoms with van der Waals surface area (Å²) >= 11 is 0. The number of hydrogen-bond acceptors (Lipinski definition) is 5. The van der Waals surface area contributed by atoms with Crippen LogP contribution in [0.25, 0.3) is 10.9 Å². The predicted octanol–water partition coefficient (Wildman–Crippen LogP) is 4.63.